The number of carbonyl (C=O) groups excluding carboxylic acids is 1. The Labute approximate surface area is 92.7 Å². The van der Waals surface area contributed by atoms with Crippen LogP contribution >= 0.6 is 22.6 Å². The second kappa shape index (κ2) is 5.37. The summed E-state index contributed by atoms with van der Waals surface area (Å²) in [5.41, 5.74) is 0.829. The van der Waals surface area contributed by atoms with E-state index in [4.69, 9.17) is 0 Å². The van der Waals surface area contributed by atoms with Crippen molar-refractivity contribution in [2.24, 2.45) is 0 Å². The van der Waals surface area contributed by atoms with Gasteiger partial charge in [-0.15, -0.1) is 0 Å². The number of hydrogen-bond donors (Lipinski definition) is 0. The molecule has 0 aromatic heterocycles. The highest BCUT2D eigenvalue weighted by Gasteiger charge is 2.14. The highest BCUT2D eigenvalue weighted by atomic mass is 127. The number of ketones is 1. The van der Waals surface area contributed by atoms with Crippen LogP contribution in [0.3, 0.4) is 0 Å². The molecule has 0 saturated carbocycles. The summed E-state index contributed by atoms with van der Waals surface area (Å²) in [6.07, 6.45) is 2.03. The predicted octanol–water partition coefficient (Wildman–Crippen LogP) is 3.47. The van der Waals surface area contributed by atoms with Gasteiger partial charge in [-0.1, -0.05) is 66.3 Å². The van der Waals surface area contributed by atoms with Crippen molar-refractivity contribution in [1.82, 2.24) is 0 Å². The Morgan fingerprint density at radius 3 is 2.54 bits per heavy atom. The van der Waals surface area contributed by atoms with Gasteiger partial charge in [-0.3, -0.25) is 4.79 Å². The summed E-state index contributed by atoms with van der Waals surface area (Å²) in [6.45, 7) is 2.10. The Morgan fingerprint density at radius 1 is 1.38 bits per heavy atom. The number of benzene rings is 1. The van der Waals surface area contributed by atoms with Gasteiger partial charge in [-0.2, -0.15) is 0 Å². The molecule has 1 aromatic carbocycles. The number of carbonyl (C=O) groups is 1. The first-order valence-corrected chi connectivity index (χ1v) is 5.73. The normalized spacial score (nSPS) is 12.5. The molecule has 0 bridgehead atoms. The monoisotopic (exact) mass is 288 g/mol. The molecule has 0 fully saturated rings. The first-order valence-electron chi connectivity index (χ1n) is 4.49. The number of Topliss-reactive ketones (excluding diaryl/α,β-unsaturated/α-hetero) is 1. The average molecular weight is 288 g/mol. The van der Waals surface area contributed by atoms with E-state index in [1.807, 2.05) is 30.3 Å². The summed E-state index contributed by atoms with van der Waals surface area (Å²) in [7, 11) is 0. The highest BCUT2D eigenvalue weighted by Crippen LogP contribution is 2.15. The third-order valence-corrected chi connectivity index (χ3v) is 3.07. The quantitative estimate of drug-likeness (QED) is 0.471. The van der Waals surface area contributed by atoms with Gasteiger partial charge in [0.15, 0.2) is 5.78 Å². The molecule has 13 heavy (non-hydrogen) atoms. The van der Waals surface area contributed by atoms with Gasteiger partial charge < -0.3 is 0 Å². The van der Waals surface area contributed by atoms with Crippen LogP contribution in [0.15, 0.2) is 30.3 Å². The van der Waals surface area contributed by atoms with Crippen LogP contribution in [0.2, 0.25) is 0 Å². The lowest BCUT2D eigenvalue weighted by Gasteiger charge is -2.06. The molecule has 0 aliphatic heterocycles. The van der Waals surface area contributed by atoms with Gasteiger partial charge in [0.2, 0.25) is 0 Å². The molecule has 1 unspecified atom stereocenters. The van der Waals surface area contributed by atoms with Crippen molar-refractivity contribution in [3.05, 3.63) is 35.9 Å². The average Bonchev–Trinajstić information content (AvgIpc) is 2.18. The fourth-order valence-electron chi connectivity index (χ4n) is 1.17. The van der Waals surface area contributed by atoms with Crippen molar-refractivity contribution in [3.8, 4) is 0 Å². The number of halogens is 1. The predicted molar refractivity (Wildman–Crippen MR) is 63.5 cm³/mol. The van der Waals surface area contributed by atoms with Gasteiger partial charge in [0, 0.05) is 5.56 Å². The van der Waals surface area contributed by atoms with E-state index in [1.165, 1.54) is 0 Å². The highest BCUT2D eigenvalue weighted by molar-refractivity contribution is 14.1. The van der Waals surface area contributed by atoms with E-state index in [0.717, 1.165) is 18.4 Å². The third kappa shape index (κ3) is 3.10. The molecular weight excluding hydrogens is 275 g/mol. The topological polar surface area (TPSA) is 17.1 Å². The molecule has 0 spiro atoms. The lowest BCUT2D eigenvalue weighted by molar-refractivity contribution is 0.0991. The number of alkyl halides is 1. The standard InChI is InChI=1S/C11H13IO/c1-2-6-10(12)11(13)9-7-4-3-5-8-9/h3-5,7-8,10H,2,6H2,1H3. The van der Waals surface area contributed by atoms with E-state index < -0.39 is 0 Å². The largest absolute Gasteiger partial charge is 0.293 e. The summed E-state index contributed by atoms with van der Waals surface area (Å²) in [5.74, 6) is 0.253. The smallest absolute Gasteiger partial charge is 0.175 e. The van der Waals surface area contributed by atoms with E-state index in [9.17, 15) is 4.79 Å². The molecule has 0 heterocycles. The summed E-state index contributed by atoms with van der Waals surface area (Å²) in [4.78, 5) is 11.7. The summed E-state index contributed by atoms with van der Waals surface area (Å²) in [6, 6.07) is 9.50. The summed E-state index contributed by atoms with van der Waals surface area (Å²) >= 11 is 2.22. The third-order valence-electron chi connectivity index (χ3n) is 1.88. The lowest BCUT2D eigenvalue weighted by Crippen LogP contribution is -2.13. The molecule has 0 saturated heterocycles. The van der Waals surface area contributed by atoms with E-state index in [0.29, 0.717) is 0 Å². The van der Waals surface area contributed by atoms with Crippen molar-refractivity contribution >= 4 is 28.4 Å². The van der Waals surface area contributed by atoms with Crippen LogP contribution in [0, 0.1) is 0 Å². The van der Waals surface area contributed by atoms with Crippen LogP contribution in [-0.4, -0.2) is 9.71 Å². The van der Waals surface area contributed by atoms with Crippen LogP contribution < -0.4 is 0 Å². The van der Waals surface area contributed by atoms with Crippen molar-refractivity contribution in [1.29, 1.82) is 0 Å². The van der Waals surface area contributed by atoms with E-state index in [1.54, 1.807) is 0 Å². The number of rotatable bonds is 4. The maximum absolute atomic E-state index is 11.7. The Balaban J connectivity index is 2.68. The molecular formula is C11H13IO. The molecule has 1 rings (SSSR count). The van der Waals surface area contributed by atoms with Crippen LogP contribution in [-0.2, 0) is 0 Å². The molecule has 1 atom stereocenters. The van der Waals surface area contributed by atoms with Gasteiger partial charge in [-0.05, 0) is 6.42 Å². The molecule has 2 heteroatoms. The fourth-order valence-corrected chi connectivity index (χ4v) is 2.15. The molecule has 0 amide bonds. The fraction of sp³-hybridized carbons (Fsp3) is 0.364. The summed E-state index contributed by atoms with van der Waals surface area (Å²) in [5, 5.41) is 0. The van der Waals surface area contributed by atoms with Crippen molar-refractivity contribution in [3.63, 3.8) is 0 Å². The van der Waals surface area contributed by atoms with E-state index in [-0.39, 0.29) is 9.71 Å². The van der Waals surface area contributed by atoms with Crippen molar-refractivity contribution < 1.29 is 4.79 Å². The maximum atomic E-state index is 11.7. The Kier molecular flexibility index (Phi) is 4.42. The molecule has 1 aromatic rings. The minimum Gasteiger partial charge on any atom is -0.293 e. The SMILES string of the molecule is CCCC(I)C(=O)c1ccccc1. The van der Waals surface area contributed by atoms with E-state index >= 15 is 0 Å². The van der Waals surface area contributed by atoms with Gasteiger partial charge in [-0.25, -0.2) is 0 Å². The molecule has 0 aliphatic carbocycles. The zero-order valence-electron chi connectivity index (χ0n) is 7.66. The zero-order chi connectivity index (χ0) is 9.68. The van der Waals surface area contributed by atoms with Gasteiger partial charge >= 0.3 is 0 Å². The molecule has 0 radical (unpaired) electrons. The second-order valence-electron chi connectivity index (χ2n) is 2.99. The van der Waals surface area contributed by atoms with E-state index in [2.05, 4.69) is 29.5 Å². The van der Waals surface area contributed by atoms with Crippen molar-refractivity contribution in [2.45, 2.75) is 23.7 Å². The number of hydrogen-bond acceptors (Lipinski definition) is 1. The molecule has 1 nitrogen and oxygen atoms in total. The van der Waals surface area contributed by atoms with Gasteiger partial charge in [0.25, 0.3) is 0 Å². The first-order chi connectivity index (χ1) is 6.25. The van der Waals surface area contributed by atoms with Crippen LogP contribution in [0.1, 0.15) is 30.1 Å². The Hall–Kier alpha value is -0.380. The minimum absolute atomic E-state index is 0.130. The van der Waals surface area contributed by atoms with Crippen molar-refractivity contribution in [2.75, 3.05) is 0 Å². The van der Waals surface area contributed by atoms with Crippen LogP contribution in [0.25, 0.3) is 0 Å². The Morgan fingerprint density at radius 2 is 2.00 bits per heavy atom. The minimum atomic E-state index is 0.130. The second-order valence-corrected chi connectivity index (χ2v) is 4.49. The lowest BCUT2D eigenvalue weighted by atomic mass is 10.1. The zero-order valence-corrected chi connectivity index (χ0v) is 9.82. The van der Waals surface area contributed by atoms with Crippen LogP contribution in [0.5, 0.6) is 0 Å². The van der Waals surface area contributed by atoms with Crippen LogP contribution in [0.4, 0.5) is 0 Å². The van der Waals surface area contributed by atoms with Gasteiger partial charge in [0.05, 0.1) is 3.92 Å². The molecule has 0 N–H and O–H groups in total. The molecule has 0 aliphatic rings. The maximum Gasteiger partial charge on any atom is 0.175 e. The van der Waals surface area contributed by atoms with Gasteiger partial charge in [0.1, 0.15) is 0 Å². The molecule has 70 valence electrons. The summed E-state index contributed by atoms with van der Waals surface area (Å²) < 4.78 is 0.130. The first kappa shape index (κ1) is 10.7. The Bertz CT molecular complexity index is 269.